The van der Waals surface area contributed by atoms with Crippen molar-refractivity contribution in [2.45, 2.75) is 50.1 Å². The molecule has 0 aromatic heterocycles. The summed E-state index contributed by atoms with van der Waals surface area (Å²) in [7, 11) is 0. The zero-order valence-corrected chi connectivity index (χ0v) is 13.7. The quantitative estimate of drug-likeness (QED) is 0.687. The van der Waals surface area contributed by atoms with Crippen molar-refractivity contribution in [2.75, 3.05) is 19.8 Å². The monoisotopic (exact) mass is 336 g/mol. The maximum atomic E-state index is 12.6. The molecule has 24 heavy (non-hydrogen) atoms. The molecule has 1 aliphatic carbocycles. The van der Waals surface area contributed by atoms with Crippen LogP contribution in [0.4, 0.5) is 0 Å². The highest BCUT2D eigenvalue weighted by atomic mass is 16.5. The minimum atomic E-state index is -1.21. The van der Waals surface area contributed by atoms with E-state index in [0.29, 0.717) is 26.0 Å². The molecular formula is C17H24N2O5. The van der Waals surface area contributed by atoms with Gasteiger partial charge in [0.15, 0.2) is 0 Å². The molecule has 7 nitrogen and oxygen atoms in total. The number of ether oxygens (including phenoxy) is 1. The number of nitrogens with zero attached hydrogens (tertiary/aromatic N) is 1. The molecule has 2 fully saturated rings. The summed E-state index contributed by atoms with van der Waals surface area (Å²) in [5.74, 6) is -1.74. The number of allylic oxidation sites excluding steroid dienone is 1. The van der Waals surface area contributed by atoms with Crippen LogP contribution in [0, 0.1) is 5.92 Å². The molecule has 0 aromatic rings. The van der Waals surface area contributed by atoms with E-state index in [1.165, 1.54) is 4.90 Å². The highest BCUT2D eigenvalue weighted by Crippen LogP contribution is 2.45. The van der Waals surface area contributed by atoms with Crippen LogP contribution in [-0.4, -0.2) is 59.1 Å². The van der Waals surface area contributed by atoms with Crippen LogP contribution in [0.2, 0.25) is 0 Å². The Labute approximate surface area is 141 Å². The Morgan fingerprint density at radius 1 is 1.33 bits per heavy atom. The lowest BCUT2D eigenvalue weighted by atomic mass is 10.1. The van der Waals surface area contributed by atoms with Crippen molar-refractivity contribution in [1.29, 1.82) is 0 Å². The number of aliphatic carboxylic acids is 1. The third-order valence-corrected chi connectivity index (χ3v) is 5.12. The van der Waals surface area contributed by atoms with Crippen LogP contribution in [0.5, 0.6) is 0 Å². The van der Waals surface area contributed by atoms with Gasteiger partial charge in [-0.25, -0.2) is 4.79 Å². The predicted octanol–water partition coefficient (Wildman–Crippen LogP) is 0.694. The van der Waals surface area contributed by atoms with Crippen LogP contribution in [0.3, 0.4) is 0 Å². The Morgan fingerprint density at radius 2 is 2.17 bits per heavy atom. The molecule has 7 heteroatoms. The molecule has 1 saturated carbocycles. The first-order valence-electron chi connectivity index (χ1n) is 8.64. The second-order valence-electron chi connectivity index (χ2n) is 6.80. The standard InChI is InChI=1S/C17H24N2O5/c20-14-11-24-9-4-2-1-3-6-12-10-17(12,16(22)23)18-15(21)13-7-5-8-19(13)14/h3,6,12-13H,1-2,4-5,7-11H2,(H,18,21)(H,22,23)/b6-3-/t12-,13+,17-/m1/s1. The molecule has 0 spiro atoms. The molecule has 1 saturated heterocycles. The summed E-state index contributed by atoms with van der Waals surface area (Å²) in [5, 5.41) is 12.3. The first-order chi connectivity index (χ1) is 11.5. The smallest absolute Gasteiger partial charge is 0.330 e. The summed E-state index contributed by atoms with van der Waals surface area (Å²) in [6.45, 7) is 1.02. The van der Waals surface area contributed by atoms with Crippen molar-refractivity contribution in [3.8, 4) is 0 Å². The summed E-state index contributed by atoms with van der Waals surface area (Å²) in [4.78, 5) is 38.1. The Bertz CT molecular complexity index is 561. The van der Waals surface area contributed by atoms with Crippen LogP contribution >= 0.6 is 0 Å². The largest absolute Gasteiger partial charge is 0.479 e. The number of hydrogen-bond acceptors (Lipinski definition) is 4. The third kappa shape index (κ3) is 3.31. The number of nitrogens with one attached hydrogen (secondary N) is 1. The van der Waals surface area contributed by atoms with Crippen molar-refractivity contribution < 1.29 is 24.2 Å². The van der Waals surface area contributed by atoms with Crippen LogP contribution in [0.1, 0.15) is 38.5 Å². The van der Waals surface area contributed by atoms with Gasteiger partial charge >= 0.3 is 5.97 Å². The lowest BCUT2D eigenvalue weighted by Crippen LogP contribution is -2.53. The first kappa shape index (κ1) is 17.0. The fraction of sp³-hybridized carbons (Fsp3) is 0.706. The van der Waals surface area contributed by atoms with Gasteiger partial charge in [0.2, 0.25) is 11.8 Å². The van der Waals surface area contributed by atoms with Crippen molar-refractivity contribution in [1.82, 2.24) is 10.2 Å². The maximum absolute atomic E-state index is 12.6. The number of hydrogen-bond donors (Lipinski definition) is 2. The molecule has 0 aromatic carbocycles. The minimum Gasteiger partial charge on any atom is -0.479 e. The third-order valence-electron chi connectivity index (χ3n) is 5.12. The predicted molar refractivity (Wildman–Crippen MR) is 85.2 cm³/mol. The summed E-state index contributed by atoms with van der Waals surface area (Å²) in [6.07, 6.45) is 8.21. The van der Waals surface area contributed by atoms with Gasteiger partial charge in [-0.15, -0.1) is 0 Å². The van der Waals surface area contributed by atoms with E-state index in [4.69, 9.17) is 4.74 Å². The van der Waals surface area contributed by atoms with E-state index in [9.17, 15) is 19.5 Å². The second-order valence-corrected chi connectivity index (χ2v) is 6.80. The van der Waals surface area contributed by atoms with E-state index in [1.54, 1.807) is 0 Å². The average molecular weight is 336 g/mol. The lowest BCUT2D eigenvalue weighted by molar-refractivity contribution is -0.146. The van der Waals surface area contributed by atoms with E-state index < -0.39 is 17.6 Å². The summed E-state index contributed by atoms with van der Waals surface area (Å²) < 4.78 is 5.41. The van der Waals surface area contributed by atoms with Crippen molar-refractivity contribution in [2.24, 2.45) is 5.92 Å². The number of fused-ring (bicyclic) bond motifs is 2. The van der Waals surface area contributed by atoms with E-state index >= 15 is 0 Å². The molecule has 2 amide bonds. The zero-order valence-electron chi connectivity index (χ0n) is 13.7. The Balaban J connectivity index is 1.77. The number of carbonyl (C=O) groups excluding carboxylic acids is 2. The van der Waals surface area contributed by atoms with Crippen LogP contribution in [-0.2, 0) is 19.1 Å². The maximum Gasteiger partial charge on any atom is 0.330 e. The Kier molecular flexibility index (Phi) is 4.89. The van der Waals surface area contributed by atoms with Crippen molar-refractivity contribution in [3.05, 3.63) is 12.2 Å². The average Bonchev–Trinajstić information content (AvgIpc) is 3.02. The molecule has 3 rings (SSSR count). The number of carbonyl (C=O) groups is 3. The molecule has 132 valence electrons. The van der Waals surface area contributed by atoms with Gasteiger partial charge in [-0.2, -0.15) is 0 Å². The fourth-order valence-corrected chi connectivity index (χ4v) is 3.57. The molecule has 0 radical (unpaired) electrons. The van der Waals surface area contributed by atoms with Gasteiger partial charge in [-0.3, -0.25) is 9.59 Å². The zero-order chi connectivity index (χ0) is 17.2. The summed E-state index contributed by atoms with van der Waals surface area (Å²) in [5.41, 5.74) is -1.21. The Hall–Kier alpha value is -1.89. The van der Waals surface area contributed by atoms with Gasteiger partial charge in [0.25, 0.3) is 0 Å². The highest BCUT2D eigenvalue weighted by molar-refractivity contribution is 5.94. The second kappa shape index (κ2) is 6.93. The minimum absolute atomic E-state index is 0.0215. The SMILES string of the molecule is O=C1N[C@]2(C(=O)O)C[C@H]2/C=C\CCCCOCC(=O)N2CCC[C@@H]12. The van der Waals surface area contributed by atoms with Crippen molar-refractivity contribution in [3.63, 3.8) is 0 Å². The van der Waals surface area contributed by atoms with Gasteiger partial charge in [0, 0.05) is 19.1 Å². The number of carboxylic acids is 1. The Morgan fingerprint density at radius 3 is 2.96 bits per heavy atom. The topological polar surface area (TPSA) is 95.9 Å². The lowest BCUT2D eigenvalue weighted by Gasteiger charge is -2.25. The van der Waals surface area contributed by atoms with Gasteiger partial charge in [0.1, 0.15) is 18.2 Å². The molecule has 3 atom stereocenters. The first-order valence-corrected chi connectivity index (χ1v) is 8.64. The molecular weight excluding hydrogens is 312 g/mol. The molecule has 2 heterocycles. The molecule has 3 aliphatic rings. The molecule has 0 bridgehead atoms. The van der Waals surface area contributed by atoms with Crippen molar-refractivity contribution >= 4 is 17.8 Å². The summed E-state index contributed by atoms with van der Waals surface area (Å²) >= 11 is 0. The van der Waals surface area contributed by atoms with Crippen LogP contribution in [0.15, 0.2) is 12.2 Å². The van der Waals surface area contributed by atoms with Gasteiger partial charge < -0.3 is 20.1 Å². The van der Waals surface area contributed by atoms with Crippen LogP contribution in [0.25, 0.3) is 0 Å². The normalized spacial score (nSPS) is 35.9. The van der Waals surface area contributed by atoms with E-state index in [1.807, 2.05) is 12.2 Å². The molecule has 2 aliphatic heterocycles. The number of rotatable bonds is 1. The van der Waals surface area contributed by atoms with Gasteiger partial charge in [-0.05, 0) is 38.5 Å². The number of amides is 2. The molecule has 0 unspecified atom stereocenters. The number of carboxylic acid groups (broad SMARTS) is 1. The van der Waals surface area contributed by atoms with Crippen LogP contribution < -0.4 is 5.32 Å². The van der Waals surface area contributed by atoms with E-state index in [-0.39, 0.29) is 24.3 Å². The van der Waals surface area contributed by atoms with E-state index in [0.717, 1.165) is 25.7 Å². The summed E-state index contributed by atoms with van der Waals surface area (Å²) in [6, 6.07) is -0.590. The highest BCUT2D eigenvalue weighted by Gasteiger charge is 2.61. The van der Waals surface area contributed by atoms with Gasteiger partial charge in [0.05, 0.1) is 0 Å². The van der Waals surface area contributed by atoms with Gasteiger partial charge in [-0.1, -0.05) is 12.2 Å². The molecule has 2 N–H and O–H groups in total. The van der Waals surface area contributed by atoms with E-state index in [2.05, 4.69) is 5.32 Å². The fourth-order valence-electron chi connectivity index (χ4n) is 3.57.